The molecule has 0 bridgehead atoms. The van der Waals surface area contributed by atoms with E-state index in [-0.39, 0.29) is 18.5 Å². The largest absolute Gasteiger partial charge is 0.481 e. The van der Waals surface area contributed by atoms with Crippen LogP contribution in [0.1, 0.15) is 30.6 Å². The van der Waals surface area contributed by atoms with E-state index in [0.717, 1.165) is 28.6 Å². The van der Waals surface area contributed by atoms with Crippen LogP contribution in [-0.2, 0) is 11.3 Å². The van der Waals surface area contributed by atoms with Crippen molar-refractivity contribution in [1.82, 2.24) is 10.2 Å². The average Bonchev–Trinajstić information content (AvgIpc) is 2.82. The van der Waals surface area contributed by atoms with Crippen LogP contribution >= 0.6 is 27.3 Å². The van der Waals surface area contributed by atoms with E-state index in [2.05, 4.69) is 21.2 Å². The second-order valence-electron chi connectivity index (χ2n) is 4.83. The van der Waals surface area contributed by atoms with Gasteiger partial charge in [0, 0.05) is 27.3 Å². The molecule has 1 atom stereocenters. The molecule has 1 unspecified atom stereocenters. The Bertz CT molecular complexity index is 492. The van der Waals surface area contributed by atoms with Crippen molar-refractivity contribution >= 4 is 39.3 Å². The zero-order valence-corrected chi connectivity index (χ0v) is 13.4. The summed E-state index contributed by atoms with van der Waals surface area (Å²) in [5.41, 5.74) is 0. The molecular weight excluding hydrogens is 344 g/mol. The number of aliphatic carboxylic acids is 1. The summed E-state index contributed by atoms with van der Waals surface area (Å²) in [6.07, 6.45) is 2.72. The molecule has 2 rings (SSSR count). The molecule has 0 radical (unpaired) electrons. The normalized spacial score (nSPS) is 18.9. The number of piperidine rings is 1. The Labute approximate surface area is 130 Å². The second kappa shape index (κ2) is 7.08. The van der Waals surface area contributed by atoms with Crippen LogP contribution < -0.4 is 5.32 Å². The van der Waals surface area contributed by atoms with E-state index < -0.39 is 5.97 Å². The Morgan fingerprint density at radius 1 is 1.50 bits per heavy atom. The van der Waals surface area contributed by atoms with Gasteiger partial charge in [0.25, 0.3) is 0 Å². The maximum atomic E-state index is 12.2. The van der Waals surface area contributed by atoms with Crippen LogP contribution in [0.4, 0.5) is 4.79 Å². The summed E-state index contributed by atoms with van der Waals surface area (Å²) < 4.78 is 1.01. The van der Waals surface area contributed by atoms with Crippen molar-refractivity contribution in [3.63, 3.8) is 0 Å². The van der Waals surface area contributed by atoms with Gasteiger partial charge < -0.3 is 15.3 Å². The molecule has 1 aromatic heterocycles. The fourth-order valence-corrected chi connectivity index (χ4v) is 3.78. The van der Waals surface area contributed by atoms with E-state index in [4.69, 9.17) is 5.11 Å². The van der Waals surface area contributed by atoms with Gasteiger partial charge in [0.05, 0.1) is 13.0 Å². The number of thiophene rings is 1. The molecule has 0 aromatic carbocycles. The first-order valence-electron chi connectivity index (χ1n) is 6.55. The third-order valence-electron chi connectivity index (χ3n) is 3.33. The highest BCUT2D eigenvalue weighted by Crippen LogP contribution is 2.21. The lowest BCUT2D eigenvalue weighted by molar-refractivity contribution is -0.138. The Hall–Kier alpha value is -1.08. The highest BCUT2D eigenvalue weighted by atomic mass is 79.9. The number of carbonyl (C=O) groups excluding carboxylic acids is 1. The molecule has 1 fully saturated rings. The van der Waals surface area contributed by atoms with Gasteiger partial charge >= 0.3 is 12.0 Å². The van der Waals surface area contributed by atoms with Gasteiger partial charge in [0.15, 0.2) is 0 Å². The summed E-state index contributed by atoms with van der Waals surface area (Å²) in [6.45, 7) is 1.11. The Morgan fingerprint density at radius 3 is 2.95 bits per heavy atom. The highest BCUT2D eigenvalue weighted by Gasteiger charge is 2.28. The van der Waals surface area contributed by atoms with Crippen molar-refractivity contribution in [2.24, 2.45) is 0 Å². The van der Waals surface area contributed by atoms with Crippen LogP contribution in [0.3, 0.4) is 0 Å². The number of likely N-dealkylation sites (tertiary alicyclic amines) is 1. The number of halogens is 1. The van der Waals surface area contributed by atoms with Gasteiger partial charge in [-0.25, -0.2) is 4.79 Å². The number of carboxylic acid groups (broad SMARTS) is 1. The fraction of sp³-hybridized carbons (Fsp3) is 0.538. The Balaban J connectivity index is 1.90. The first kappa shape index (κ1) is 15.3. The quantitative estimate of drug-likeness (QED) is 0.866. The molecule has 7 heteroatoms. The van der Waals surface area contributed by atoms with Gasteiger partial charge in [-0.2, -0.15) is 0 Å². The minimum atomic E-state index is -0.850. The maximum Gasteiger partial charge on any atom is 0.317 e. The predicted octanol–water partition coefficient (Wildman–Crippen LogP) is 3.05. The number of rotatable bonds is 4. The molecule has 2 heterocycles. The van der Waals surface area contributed by atoms with E-state index >= 15 is 0 Å². The molecule has 20 heavy (non-hydrogen) atoms. The first-order valence-corrected chi connectivity index (χ1v) is 8.22. The molecule has 0 saturated carbocycles. The van der Waals surface area contributed by atoms with E-state index in [9.17, 15) is 9.59 Å². The van der Waals surface area contributed by atoms with Gasteiger partial charge in [-0.1, -0.05) is 0 Å². The number of hydrogen-bond donors (Lipinski definition) is 2. The van der Waals surface area contributed by atoms with Gasteiger partial charge in [0.1, 0.15) is 0 Å². The Kier molecular flexibility index (Phi) is 5.42. The zero-order valence-electron chi connectivity index (χ0n) is 11.0. The van der Waals surface area contributed by atoms with Crippen LogP contribution in [0.15, 0.2) is 15.9 Å². The average molecular weight is 361 g/mol. The van der Waals surface area contributed by atoms with Gasteiger partial charge in [-0.15, -0.1) is 11.3 Å². The summed E-state index contributed by atoms with van der Waals surface area (Å²) in [7, 11) is 0. The molecule has 5 nitrogen and oxygen atoms in total. The van der Waals surface area contributed by atoms with Crippen molar-refractivity contribution in [3.8, 4) is 0 Å². The minimum absolute atomic E-state index is 0.0258. The molecule has 1 aromatic rings. The lowest BCUT2D eigenvalue weighted by atomic mass is 10.00. The number of carboxylic acids is 1. The fourth-order valence-electron chi connectivity index (χ4n) is 2.39. The van der Waals surface area contributed by atoms with Crippen molar-refractivity contribution in [2.45, 2.75) is 38.3 Å². The summed E-state index contributed by atoms with van der Waals surface area (Å²) >= 11 is 4.95. The zero-order chi connectivity index (χ0) is 14.5. The topological polar surface area (TPSA) is 69.6 Å². The molecule has 0 spiro atoms. The van der Waals surface area contributed by atoms with Crippen LogP contribution in [-0.4, -0.2) is 34.6 Å². The number of nitrogens with zero attached hydrogens (tertiary/aromatic N) is 1. The van der Waals surface area contributed by atoms with E-state index in [0.29, 0.717) is 13.1 Å². The lowest BCUT2D eigenvalue weighted by Crippen LogP contribution is -2.49. The smallest absolute Gasteiger partial charge is 0.317 e. The number of carbonyl (C=O) groups is 2. The molecule has 1 saturated heterocycles. The van der Waals surface area contributed by atoms with Crippen molar-refractivity contribution in [3.05, 3.63) is 20.8 Å². The van der Waals surface area contributed by atoms with Crippen LogP contribution in [0.2, 0.25) is 0 Å². The van der Waals surface area contributed by atoms with E-state index in [1.807, 2.05) is 11.4 Å². The first-order chi connectivity index (χ1) is 9.56. The van der Waals surface area contributed by atoms with Crippen molar-refractivity contribution in [2.75, 3.05) is 6.54 Å². The number of amides is 2. The van der Waals surface area contributed by atoms with E-state index in [1.54, 1.807) is 16.2 Å². The van der Waals surface area contributed by atoms with Crippen molar-refractivity contribution in [1.29, 1.82) is 0 Å². The van der Waals surface area contributed by atoms with Crippen LogP contribution in [0.25, 0.3) is 0 Å². The molecular formula is C13H17BrN2O3S. The van der Waals surface area contributed by atoms with Crippen LogP contribution in [0, 0.1) is 0 Å². The summed E-state index contributed by atoms with van der Waals surface area (Å²) in [6, 6.07) is 1.62. The second-order valence-corrected chi connectivity index (χ2v) is 6.74. The molecule has 0 aliphatic carbocycles. The highest BCUT2D eigenvalue weighted by molar-refractivity contribution is 9.10. The SMILES string of the molecule is O=C(O)CC1CCCCN1C(=O)NCc1cc(Br)cs1. The molecule has 1 aliphatic rings. The summed E-state index contributed by atoms with van der Waals surface area (Å²) in [5, 5.41) is 13.8. The molecule has 110 valence electrons. The number of hydrogen-bond acceptors (Lipinski definition) is 3. The standard InChI is InChI=1S/C13H17BrN2O3S/c14-9-5-11(20-8-9)7-15-13(19)16-4-2-1-3-10(16)6-12(17)18/h5,8,10H,1-4,6-7H2,(H,15,19)(H,17,18). The summed E-state index contributed by atoms with van der Waals surface area (Å²) in [4.78, 5) is 25.8. The van der Waals surface area contributed by atoms with Gasteiger partial charge in [0.2, 0.25) is 0 Å². The van der Waals surface area contributed by atoms with Gasteiger partial charge in [-0.3, -0.25) is 4.79 Å². The minimum Gasteiger partial charge on any atom is -0.481 e. The lowest BCUT2D eigenvalue weighted by Gasteiger charge is -2.34. The monoisotopic (exact) mass is 360 g/mol. The number of nitrogens with one attached hydrogen (secondary N) is 1. The van der Waals surface area contributed by atoms with Crippen molar-refractivity contribution < 1.29 is 14.7 Å². The van der Waals surface area contributed by atoms with Gasteiger partial charge in [-0.05, 0) is 41.3 Å². The predicted molar refractivity (Wildman–Crippen MR) is 80.9 cm³/mol. The van der Waals surface area contributed by atoms with E-state index in [1.165, 1.54) is 0 Å². The molecule has 2 amide bonds. The third-order valence-corrected chi connectivity index (χ3v) is 5.03. The Morgan fingerprint density at radius 2 is 2.30 bits per heavy atom. The maximum absolute atomic E-state index is 12.2. The summed E-state index contributed by atoms with van der Waals surface area (Å²) in [5.74, 6) is -0.850. The molecule has 1 aliphatic heterocycles. The number of urea groups is 1. The van der Waals surface area contributed by atoms with Crippen LogP contribution in [0.5, 0.6) is 0 Å². The third kappa shape index (κ3) is 4.21. The molecule has 2 N–H and O–H groups in total.